The van der Waals surface area contributed by atoms with Crippen LogP contribution in [0.2, 0.25) is 0 Å². The van der Waals surface area contributed by atoms with E-state index >= 15 is 0 Å². The Morgan fingerprint density at radius 1 is 1.04 bits per heavy atom. The summed E-state index contributed by atoms with van der Waals surface area (Å²) in [6.45, 7) is 7.85. The average Bonchev–Trinajstić information content (AvgIpc) is 2.86. The number of nitrogens with zero attached hydrogens (tertiary/aromatic N) is 2. The molecule has 2 heterocycles. The zero-order valence-electron chi connectivity index (χ0n) is 13.9. The molecule has 0 aliphatic rings. The highest BCUT2D eigenvalue weighted by Crippen LogP contribution is 2.29. The van der Waals surface area contributed by atoms with Crippen molar-refractivity contribution in [3.63, 3.8) is 0 Å². The topological polar surface area (TPSA) is 46.4 Å². The van der Waals surface area contributed by atoms with Gasteiger partial charge in [0.25, 0.3) is 0 Å². The Bertz CT molecular complexity index is 860. The first-order chi connectivity index (χ1) is 11.0. The molecular weight excluding hydrogens is 286 g/mol. The van der Waals surface area contributed by atoms with Gasteiger partial charge < -0.3 is 5.32 Å². The Hall–Kier alpha value is -2.62. The van der Waals surface area contributed by atoms with Crippen molar-refractivity contribution in [1.82, 2.24) is 9.38 Å². The molecule has 1 N–H and O–H groups in total. The number of imidazole rings is 1. The van der Waals surface area contributed by atoms with Gasteiger partial charge in [0.05, 0.1) is 0 Å². The van der Waals surface area contributed by atoms with Gasteiger partial charge in [0.2, 0.25) is 5.91 Å². The quantitative estimate of drug-likeness (QED) is 0.787. The van der Waals surface area contributed by atoms with E-state index in [-0.39, 0.29) is 11.8 Å². The third kappa shape index (κ3) is 2.97. The van der Waals surface area contributed by atoms with E-state index in [1.54, 1.807) is 0 Å². The third-order valence-corrected chi connectivity index (χ3v) is 3.86. The normalized spacial score (nSPS) is 11.2. The molecule has 1 aromatic carbocycles. The van der Waals surface area contributed by atoms with Crippen molar-refractivity contribution in [3.8, 4) is 11.3 Å². The van der Waals surface area contributed by atoms with Crippen LogP contribution >= 0.6 is 0 Å². The van der Waals surface area contributed by atoms with Crippen LogP contribution in [0.5, 0.6) is 0 Å². The van der Waals surface area contributed by atoms with E-state index < -0.39 is 0 Å². The Kier molecular flexibility index (Phi) is 3.90. The van der Waals surface area contributed by atoms with Crippen molar-refractivity contribution >= 4 is 17.4 Å². The lowest BCUT2D eigenvalue weighted by atomic mass is 10.1. The molecule has 0 atom stereocenters. The predicted molar refractivity (Wildman–Crippen MR) is 93.6 cm³/mol. The number of carbonyl (C=O) groups is 1. The number of fused-ring (bicyclic) bond motifs is 1. The van der Waals surface area contributed by atoms with Gasteiger partial charge in [-0.2, -0.15) is 0 Å². The molecule has 2 aromatic heterocycles. The monoisotopic (exact) mass is 307 g/mol. The number of pyridine rings is 1. The molecule has 0 aliphatic carbocycles. The Labute approximate surface area is 136 Å². The summed E-state index contributed by atoms with van der Waals surface area (Å²) >= 11 is 0. The molecule has 0 bridgehead atoms. The summed E-state index contributed by atoms with van der Waals surface area (Å²) in [5, 5.41) is 3.03. The van der Waals surface area contributed by atoms with Crippen LogP contribution in [0, 0.1) is 19.8 Å². The molecule has 0 aliphatic heterocycles. The lowest BCUT2D eigenvalue weighted by Gasteiger charge is -2.10. The fourth-order valence-corrected chi connectivity index (χ4v) is 2.44. The van der Waals surface area contributed by atoms with Gasteiger partial charge in [0, 0.05) is 17.7 Å². The van der Waals surface area contributed by atoms with E-state index in [0.717, 1.165) is 28.3 Å². The number of amides is 1. The molecule has 1 amide bonds. The summed E-state index contributed by atoms with van der Waals surface area (Å²) in [7, 11) is 0. The van der Waals surface area contributed by atoms with Gasteiger partial charge in [-0.25, -0.2) is 4.98 Å². The van der Waals surface area contributed by atoms with Crippen LogP contribution in [0.25, 0.3) is 16.9 Å². The first-order valence-corrected chi connectivity index (χ1v) is 7.82. The molecule has 0 saturated heterocycles. The zero-order valence-corrected chi connectivity index (χ0v) is 13.9. The lowest BCUT2D eigenvalue weighted by molar-refractivity contribution is -0.118. The number of benzene rings is 1. The summed E-state index contributed by atoms with van der Waals surface area (Å²) in [4.78, 5) is 16.9. The van der Waals surface area contributed by atoms with E-state index in [4.69, 9.17) is 4.98 Å². The smallest absolute Gasteiger partial charge is 0.228 e. The van der Waals surface area contributed by atoms with Gasteiger partial charge in [0.1, 0.15) is 17.2 Å². The summed E-state index contributed by atoms with van der Waals surface area (Å²) in [5.74, 6) is 0.629. The third-order valence-electron chi connectivity index (χ3n) is 3.86. The minimum Gasteiger partial charge on any atom is -0.310 e. The summed E-state index contributed by atoms with van der Waals surface area (Å²) in [6, 6.07) is 12.2. The van der Waals surface area contributed by atoms with Crippen LogP contribution in [-0.2, 0) is 4.79 Å². The minimum absolute atomic E-state index is 0.0123. The highest BCUT2D eigenvalue weighted by Gasteiger charge is 2.17. The van der Waals surface area contributed by atoms with E-state index in [9.17, 15) is 4.79 Å². The average molecular weight is 307 g/mol. The molecule has 4 nitrogen and oxygen atoms in total. The number of rotatable bonds is 3. The van der Waals surface area contributed by atoms with Gasteiger partial charge in [-0.15, -0.1) is 0 Å². The molecular formula is C19H21N3O. The van der Waals surface area contributed by atoms with Gasteiger partial charge >= 0.3 is 0 Å². The van der Waals surface area contributed by atoms with Crippen molar-refractivity contribution in [2.45, 2.75) is 27.7 Å². The van der Waals surface area contributed by atoms with Gasteiger partial charge in [-0.3, -0.25) is 9.20 Å². The number of aryl methyl sites for hydroxylation is 2. The SMILES string of the molecule is Cc1ccc(-c2nc3ccc(C)cn3c2NC(=O)C(C)C)cc1. The molecule has 3 rings (SSSR count). The van der Waals surface area contributed by atoms with Crippen molar-refractivity contribution in [2.24, 2.45) is 5.92 Å². The van der Waals surface area contributed by atoms with Gasteiger partial charge in [0.15, 0.2) is 0 Å². The molecule has 0 unspecified atom stereocenters. The fourth-order valence-electron chi connectivity index (χ4n) is 2.44. The predicted octanol–water partition coefficient (Wildman–Crippen LogP) is 4.21. The molecule has 0 fully saturated rings. The largest absolute Gasteiger partial charge is 0.310 e. The van der Waals surface area contributed by atoms with Crippen molar-refractivity contribution in [3.05, 3.63) is 53.7 Å². The van der Waals surface area contributed by atoms with Crippen LogP contribution < -0.4 is 5.32 Å². The first kappa shape index (κ1) is 15.3. The highest BCUT2D eigenvalue weighted by molar-refractivity contribution is 5.95. The number of nitrogens with one attached hydrogen (secondary N) is 1. The van der Waals surface area contributed by atoms with E-state index in [0.29, 0.717) is 0 Å². The minimum atomic E-state index is -0.0868. The van der Waals surface area contributed by atoms with E-state index in [2.05, 4.69) is 24.4 Å². The molecule has 0 saturated carbocycles. The van der Waals surface area contributed by atoms with Crippen molar-refractivity contribution < 1.29 is 4.79 Å². The van der Waals surface area contributed by atoms with Crippen LogP contribution in [0.1, 0.15) is 25.0 Å². The number of anilines is 1. The van der Waals surface area contributed by atoms with Crippen molar-refractivity contribution in [2.75, 3.05) is 5.32 Å². The maximum Gasteiger partial charge on any atom is 0.228 e. The Morgan fingerprint density at radius 2 is 1.70 bits per heavy atom. The number of hydrogen-bond donors (Lipinski definition) is 1. The number of aromatic nitrogens is 2. The lowest BCUT2D eigenvalue weighted by Crippen LogP contribution is -2.19. The number of hydrogen-bond acceptors (Lipinski definition) is 2. The van der Waals surface area contributed by atoms with Crippen LogP contribution in [0.3, 0.4) is 0 Å². The molecule has 3 aromatic rings. The highest BCUT2D eigenvalue weighted by atomic mass is 16.1. The van der Waals surface area contributed by atoms with E-state index in [1.165, 1.54) is 5.56 Å². The second-order valence-corrected chi connectivity index (χ2v) is 6.25. The zero-order chi connectivity index (χ0) is 16.6. The molecule has 23 heavy (non-hydrogen) atoms. The standard InChI is InChI=1S/C19H21N3O/c1-12(2)19(23)21-18-17(15-8-5-13(3)6-9-15)20-16-10-7-14(4)11-22(16)18/h5-12H,1-4H3,(H,21,23). The fraction of sp³-hybridized carbons (Fsp3) is 0.263. The second-order valence-electron chi connectivity index (χ2n) is 6.25. The first-order valence-electron chi connectivity index (χ1n) is 7.82. The Morgan fingerprint density at radius 3 is 2.35 bits per heavy atom. The molecule has 0 spiro atoms. The Balaban J connectivity index is 2.19. The molecule has 0 radical (unpaired) electrons. The van der Waals surface area contributed by atoms with Crippen LogP contribution in [0.4, 0.5) is 5.82 Å². The van der Waals surface area contributed by atoms with E-state index in [1.807, 2.05) is 55.6 Å². The van der Waals surface area contributed by atoms with Crippen molar-refractivity contribution in [1.29, 1.82) is 0 Å². The summed E-state index contributed by atoms with van der Waals surface area (Å²) in [6.07, 6.45) is 2.00. The maximum absolute atomic E-state index is 12.2. The van der Waals surface area contributed by atoms with Crippen LogP contribution in [0.15, 0.2) is 42.6 Å². The molecule has 118 valence electrons. The second kappa shape index (κ2) is 5.88. The van der Waals surface area contributed by atoms with Gasteiger partial charge in [-0.05, 0) is 25.5 Å². The summed E-state index contributed by atoms with van der Waals surface area (Å²) in [5.41, 5.74) is 4.93. The van der Waals surface area contributed by atoms with Gasteiger partial charge in [-0.1, -0.05) is 49.7 Å². The summed E-state index contributed by atoms with van der Waals surface area (Å²) < 4.78 is 1.95. The van der Waals surface area contributed by atoms with Crippen LogP contribution in [-0.4, -0.2) is 15.3 Å². The maximum atomic E-state index is 12.2. The number of carbonyl (C=O) groups excluding carboxylic acids is 1. The molecule has 4 heteroatoms.